The monoisotopic (exact) mass is 271 g/mol. The van der Waals surface area contributed by atoms with Crippen LogP contribution in [0.4, 0.5) is 0 Å². The minimum Gasteiger partial charge on any atom is -0.468 e. The summed E-state index contributed by atoms with van der Waals surface area (Å²) >= 11 is 3.38. The van der Waals surface area contributed by atoms with Gasteiger partial charge in [-0.25, -0.2) is 0 Å². The molecule has 0 spiro atoms. The van der Waals surface area contributed by atoms with Crippen molar-refractivity contribution in [2.45, 2.75) is 6.42 Å². The van der Waals surface area contributed by atoms with E-state index < -0.39 is 0 Å². The van der Waals surface area contributed by atoms with Crippen molar-refractivity contribution in [1.29, 1.82) is 0 Å². The summed E-state index contributed by atoms with van der Waals surface area (Å²) in [4.78, 5) is 10.8. The standard InChI is InChI=1S/C11H14BrNO2/c1-15-11(14)8-13-7-6-9-2-4-10(12)5-3-9/h2-5,13H,6-8H2,1H3. The van der Waals surface area contributed by atoms with Crippen LogP contribution in [0.15, 0.2) is 28.7 Å². The number of ether oxygens (including phenoxy) is 1. The molecule has 15 heavy (non-hydrogen) atoms. The van der Waals surface area contributed by atoms with Crippen molar-refractivity contribution in [2.75, 3.05) is 20.2 Å². The van der Waals surface area contributed by atoms with E-state index in [-0.39, 0.29) is 12.5 Å². The first-order chi connectivity index (χ1) is 7.22. The third kappa shape index (κ3) is 4.95. The van der Waals surface area contributed by atoms with Gasteiger partial charge in [-0.05, 0) is 30.7 Å². The van der Waals surface area contributed by atoms with Crippen LogP contribution in [-0.2, 0) is 16.0 Å². The van der Waals surface area contributed by atoms with Crippen LogP contribution >= 0.6 is 15.9 Å². The van der Waals surface area contributed by atoms with Crippen molar-refractivity contribution >= 4 is 21.9 Å². The number of carbonyl (C=O) groups excluding carboxylic acids is 1. The van der Waals surface area contributed by atoms with Gasteiger partial charge < -0.3 is 10.1 Å². The number of halogens is 1. The number of rotatable bonds is 5. The smallest absolute Gasteiger partial charge is 0.319 e. The molecule has 4 heteroatoms. The van der Waals surface area contributed by atoms with E-state index in [1.54, 1.807) is 0 Å². The molecule has 1 N–H and O–H groups in total. The fourth-order valence-electron chi connectivity index (χ4n) is 1.15. The molecule has 0 aromatic heterocycles. The third-order valence-electron chi connectivity index (χ3n) is 2.00. The third-order valence-corrected chi connectivity index (χ3v) is 2.53. The highest BCUT2D eigenvalue weighted by atomic mass is 79.9. The van der Waals surface area contributed by atoms with Crippen LogP contribution in [0, 0.1) is 0 Å². The van der Waals surface area contributed by atoms with Crippen molar-refractivity contribution < 1.29 is 9.53 Å². The molecular formula is C11H14BrNO2. The maximum absolute atomic E-state index is 10.8. The molecule has 0 heterocycles. The molecule has 0 aliphatic heterocycles. The van der Waals surface area contributed by atoms with Gasteiger partial charge in [0.2, 0.25) is 0 Å². The van der Waals surface area contributed by atoms with Crippen LogP contribution in [0.5, 0.6) is 0 Å². The Morgan fingerprint density at radius 3 is 2.67 bits per heavy atom. The Kier molecular flexibility index (Phi) is 5.36. The van der Waals surface area contributed by atoms with Gasteiger partial charge in [-0.1, -0.05) is 28.1 Å². The van der Waals surface area contributed by atoms with Gasteiger partial charge >= 0.3 is 5.97 Å². The molecule has 0 saturated heterocycles. The first-order valence-corrected chi connectivity index (χ1v) is 5.53. The Morgan fingerprint density at radius 1 is 1.40 bits per heavy atom. The molecule has 0 aliphatic carbocycles. The van der Waals surface area contributed by atoms with Crippen molar-refractivity contribution in [3.63, 3.8) is 0 Å². The Hall–Kier alpha value is -0.870. The van der Waals surface area contributed by atoms with E-state index in [9.17, 15) is 4.79 Å². The summed E-state index contributed by atoms with van der Waals surface area (Å²) in [5.41, 5.74) is 1.25. The summed E-state index contributed by atoms with van der Waals surface area (Å²) in [7, 11) is 1.39. The molecule has 1 aromatic rings. The Balaban J connectivity index is 2.20. The second-order valence-electron chi connectivity index (χ2n) is 3.13. The van der Waals surface area contributed by atoms with E-state index in [1.807, 2.05) is 12.1 Å². The lowest BCUT2D eigenvalue weighted by Gasteiger charge is -2.03. The molecule has 0 atom stereocenters. The molecule has 3 nitrogen and oxygen atoms in total. The van der Waals surface area contributed by atoms with Crippen LogP contribution in [0.2, 0.25) is 0 Å². The lowest BCUT2D eigenvalue weighted by Crippen LogP contribution is -2.25. The highest BCUT2D eigenvalue weighted by Gasteiger charge is 1.98. The molecule has 0 fully saturated rings. The molecule has 82 valence electrons. The summed E-state index contributed by atoms with van der Waals surface area (Å²) in [6.07, 6.45) is 0.907. The fourth-order valence-corrected chi connectivity index (χ4v) is 1.41. The van der Waals surface area contributed by atoms with Crippen LogP contribution < -0.4 is 5.32 Å². The summed E-state index contributed by atoms with van der Waals surface area (Å²) in [6, 6.07) is 8.14. The first kappa shape index (κ1) is 12.2. The molecule has 0 bridgehead atoms. The highest BCUT2D eigenvalue weighted by Crippen LogP contribution is 2.10. The Morgan fingerprint density at radius 2 is 2.07 bits per heavy atom. The van der Waals surface area contributed by atoms with E-state index in [2.05, 4.69) is 38.1 Å². The molecule has 0 amide bonds. The molecule has 1 rings (SSSR count). The highest BCUT2D eigenvalue weighted by molar-refractivity contribution is 9.10. The van der Waals surface area contributed by atoms with Gasteiger partial charge in [-0.2, -0.15) is 0 Å². The maximum Gasteiger partial charge on any atom is 0.319 e. The van der Waals surface area contributed by atoms with E-state index in [0.717, 1.165) is 17.4 Å². The SMILES string of the molecule is COC(=O)CNCCc1ccc(Br)cc1. The zero-order valence-electron chi connectivity index (χ0n) is 8.63. The summed E-state index contributed by atoms with van der Waals surface area (Å²) in [6.45, 7) is 1.05. The fraction of sp³-hybridized carbons (Fsp3) is 0.364. The second kappa shape index (κ2) is 6.58. The number of nitrogens with one attached hydrogen (secondary N) is 1. The van der Waals surface area contributed by atoms with E-state index in [1.165, 1.54) is 12.7 Å². The summed E-state index contributed by atoms with van der Waals surface area (Å²) in [5, 5.41) is 3.01. The van der Waals surface area contributed by atoms with Gasteiger partial charge in [0.25, 0.3) is 0 Å². The van der Waals surface area contributed by atoms with Crippen LogP contribution in [0.3, 0.4) is 0 Å². The topological polar surface area (TPSA) is 38.3 Å². The first-order valence-electron chi connectivity index (χ1n) is 4.74. The lowest BCUT2D eigenvalue weighted by molar-refractivity contribution is -0.139. The van der Waals surface area contributed by atoms with Gasteiger partial charge in [0.05, 0.1) is 13.7 Å². The number of hydrogen-bond donors (Lipinski definition) is 1. The zero-order chi connectivity index (χ0) is 11.1. The minimum absolute atomic E-state index is 0.231. The predicted molar refractivity (Wildman–Crippen MR) is 62.7 cm³/mol. The average Bonchev–Trinajstić information content (AvgIpc) is 2.26. The second-order valence-corrected chi connectivity index (χ2v) is 4.05. The van der Waals surface area contributed by atoms with E-state index in [4.69, 9.17) is 0 Å². The largest absolute Gasteiger partial charge is 0.468 e. The van der Waals surface area contributed by atoms with E-state index >= 15 is 0 Å². The number of esters is 1. The van der Waals surface area contributed by atoms with Crippen LogP contribution in [0.25, 0.3) is 0 Å². The van der Waals surface area contributed by atoms with Crippen molar-refractivity contribution in [1.82, 2.24) is 5.32 Å². The number of hydrogen-bond acceptors (Lipinski definition) is 3. The van der Waals surface area contributed by atoms with Gasteiger partial charge in [-0.15, -0.1) is 0 Å². The molecule has 1 aromatic carbocycles. The molecular weight excluding hydrogens is 258 g/mol. The van der Waals surface area contributed by atoms with Gasteiger partial charge in [-0.3, -0.25) is 4.79 Å². The number of methoxy groups -OCH3 is 1. The normalized spacial score (nSPS) is 10.0. The van der Waals surface area contributed by atoms with E-state index in [0.29, 0.717) is 0 Å². The van der Waals surface area contributed by atoms with Crippen molar-refractivity contribution in [3.8, 4) is 0 Å². The van der Waals surface area contributed by atoms with Gasteiger partial charge in [0.1, 0.15) is 0 Å². The van der Waals surface area contributed by atoms with Crippen LogP contribution in [0.1, 0.15) is 5.56 Å². The lowest BCUT2D eigenvalue weighted by atomic mass is 10.1. The summed E-state index contributed by atoms with van der Waals surface area (Å²) < 4.78 is 5.59. The Bertz CT molecular complexity index is 311. The van der Waals surface area contributed by atoms with Gasteiger partial charge in [0, 0.05) is 4.47 Å². The minimum atomic E-state index is -0.231. The average molecular weight is 272 g/mol. The zero-order valence-corrected chi connectivity index (χ0v) is 10.2. The predicted octanol–water partition coefficient (Wildman–Crippen LogP) is 1.75. The quantitative estimate of drug-likeness (QED) is 0.655. The van der Waals surface area contributed by atoms with Crippen LogP contribution in [-0.4, -0.2) is 26.2 Å². The molecule has 0 aliphatic rings. The molecule has 0 radical (unpaired) electrons. The molecule has 0 unspecified atom stereocenters. The summed E-state index contributed by atoms with van der Waals surface area (Å²) in [5.74, 6) is -0.231. The van der Waals surface area contributed by atoms with Gasteiger partial charge in [0.15, 0.2) is 0 Å². The Labute approximate surface area is 97.9 Å². The molecule has 0 saturated carbocycles. The van der Waals surface area contributed by atoms with Crippen molar-refractivity contribution in [2.24, 2.45) is 0 Å². The number of carbonyl (C=O) groups is 1. The number of benzene rings is 1. The maximum atomic E-state index is 10.8. The van der Waals surface area contributed by atoms with Crippen molar-refractivity contribution in [3.05, 3.63) is 34.3 Å².